The van der Waals surface area contributed by atoms with Crippen LogP contribution in [0.5, 0.6) is 0 Å². The normalized spacial score (nSPS) is 20.6. The maximum absolute atomic E-state index is 13.9. The summed E-state index contributed by atoms with van der Waals surface area (Å²) in [6.45, 7) is 2.77. The Balaban J connectivity index is 1.83. The third-order valence-corrected chi connectivity index (χ3v) is 5.11. The molecule has 2 atom stereocenters. The van der Waals surface area contributed by atoms with E-state index in [-0.39, 0.29) is 19.5 Å². The summed E-state index contributed by atoms with van der Waals surface area (Å²) in [5.74, 6) is -0.0650. The van der Waals surface area contributed by atoms with E-state index in [1.165, 1.54) is 0 Å². The Hall–Kier alpha value is -2.62. The SMILES string of the molecule is Cc1nnc(Cn2c(N3CCC(F)C(N)C3)nc3cc(F)c(F)cc32)n1C. The Morgan fingerprint density at radius 3 is 2.63 bits per heavy atom. The molecule has 3 aromatic rings. The fourth-order valence-corrected chi connectivity index (χ4v) is 3.37. The lowest BCUT2D eigenvalue weighted by Gasteiger charge is -2.34. The summed E-state index contributed by atoms with van der Waals surface area (Å²) in [7, 11) is 1.83. The number of alkyl halides is 1. The number of aryl methyl sites for hydroxylation is 1. The van der Waals surface area contributed by atoms with E-state index in [2.05, 4.69) is 15.2 Å². The molecule has 3 heterocycles. The molecular formula is C17H20F3N7. The molecule has 1 aromatic carbocycles. The number of piperidine rings is 1. The molecule has 4 rings (SSSR count). The zero-order valence-electron chi connectivity index (χ0n) is 15.0. The second kappa shape index (κ2) is 6.52. The maximum atomic E-state index is 13.9. The monoisotopic (exact) mass is 379 g/mol. The fraction of sp³-hybridized carbons (Fsp3) is 0.471. The van der Waals surface area contributed by atoms with Gasteiger partial charge in [0, 0.05) is 32.3 Å². The molecule has 0 radical (unpaired) electrons. The van der Waals surface area contributed by atoms with Crippen molar-refractivity contribution in [3.05, 3.63) is 35.4 Å². The van der Waals surface area contributed by atoms with Gasteiger partial charge in [-0.2, -0.15) is 0 Å². The fourth-order valence-electron chi connectivity index (χ4n) is 3.37. The summed E-state index contributed by atoms with van der Waals surface area (Å²) in [6, 6.07) is 1.54. The Kier molecular flexibility index (Phi) is 4.29. The average molecular weight is 379 g/mol. The highest BCUT2D eigenvalue weighted by Crippen LogP contribution is 2.28. The number of halogens is 3. The summed E-state index contributed by atoms with van der Waals surface area (Å²) in [5, 5.41) is 8.18. The van der Waals surface area contributed by atoms with Crippen LogP contribution in [0.4, 0.5) is 19.1 Å². The molecule has 0 aliphatic carbocycles. The number of nitrogens with zero attached hydrogens (tertiary/aromatic N) is 6. The van der Waals surface area contributed by atoms with Gasteiger partial charge in [-0.25, -0.2) is 18.2 Å². The molecule has 2 N–H and O–H groups in total. The second-order valence-electron chi connectivity index (χ2n) is 6.89. The van der Waals surface area contributed by atoms with Gasteiger partial charge in [0.05, 0.1) is 23.6 Å². The molecule has 1 fully saturated rings. The van der Waals surface area contributed by atoms with E-state index in [0.29, 0.717) is 29.4 Å². The Bertz CT molecular complexity index is 996. The van der Waals surface area contributed by atoms with Crippen molar-refractivity contribution in [1.82, 2.24) is 24.3 Å². The molecular weight excluding hydrogens is 359 g/mol. The summed E-state index contributed by atoms with van der Waals surface area (Å²) >= 11 is 0. The molecule has 0 bridgehead atoms. The third kappa shape index (κ3) is 3.03. The van der Waals surface area contributed by atoms with Crippen LogP contribution in [0.25, 0.3) is 11.0 Å². The highest BCUT2D eigenvalue weighted by Gasteiger charge is 2.29. The number of aromatic nitrogens is 5. The molecule has 10 heteroatoms. The van der Waals surface area contributed by atoms with Gasteiger partial charge in [-0.15, -0.1) is 10.2 Å². The number of nitrogens with two attached hydrogens (primary N) is 1. The predicted octanol–water partition coefficient (Wildman–Crippen LogP) is 1.68. The topological polar surface area (TPSA) is 77.8 Å². The van der Waals surface area contributed by atoms with Crippen LogP contribution < -0.4 is 10.6 Å². The lowest BCUT2D eigenvalue weighted by molar-refractivity contribution is 0.243. The van der Waals surface area contributed by atoms with Crippen molar-refractivity contribution >= 4 is 17.0 Å². The van der Waals surface area contributed by atoms with Crippen molar-refractivity contribution < 1.29 is 13.2 Å². The number of benzene rings is 1. The average Bonchev–Trinajstić information content (AvgIpc) is 3.13. The van der Waals surface area contributed by atoms with Gasteiger partial charge in [0.15, 0.2) is 17.5 Å². The van der Waals surface area contributed by atoms with E-state index < -0.39 is 23.8 Å². The quantitative estimate of drug-likeness (QED) is 0.749. The predicted molar refractivity (Wildman–Crippen MR) is 94.2 cm³/mol. The van der Waals surface area contributed by atoms with Crippen LogP contribution in [-0.2, 0) is 13.6 Å². The van der Waals surface area contributed by atoms with Crippen molar-refractivity contribution in [3.63, 3.8) is 0 Å². The minimum atomic E-state index is -1.07. The first-order valence-corrected chi connectivity index (χ1v) is 8.70. The van der Waals surface area contributed by atoms with Crippen LogP contribution in [-0.4, -0.2) is 49.6 Å². The number of hydrogen-bond acceptors (Lipinski definition) is 5. The largest absolute Gasteiger partial charge is 0.340 e. The molecule has 2 aromatic heterocycles. The second-order valence-corrected chi connectivity index (χ2v) is 6.89. The van der Waals surface area contributed by atoms with Gasteiger partial charge >= 0.3 is 0 Å². The zero-order chi connectivity index (χ0) is 19.3. The van der Waals surface area contributed by atoms with Crippen molar-refractivity contribution in [2.24, 2.45) is 12.8 Å². The Morgan fingerprint density at radius 1 is 1.22 bits per heavy atom. The highest BCUT2D eigenvalue weighted by atomic mass is 19.2. The van der Waals surface area contributed by atoms with E-state index in [4.69, 9.17) is 5.73 Å². The van der Waals surface area contributed by atoms with E-state index >= 15 is 0 Å². The lowest BCUT2D eigenvalue weighted by Crippen LogP contribution is -2.50. The van der Waals surface area contributed by atoms with Gasteiger partial charge in [0.2, 0.25) is 5.95 Å². The van der Waals surface area contributed by atoms with E-state index in [0.717, 1.165) is 18.0 Å². The van der Waals surface area contributed by atoms with Crippen molar-refractivity contribution in [3.8, 4) is 0 Å². The molecule has 1 aliphatic rings. The van der Waals surface area contributed by atoms with Crippen molar-refractivity contribution in [1.29, 1.82) is 0 Å². The number of imidazole rings is 1. The number of anilines is 1. The first-order valence-electron chi connectivity index (χ1n) is 8.70. The summed E-state index contributed by atoms with van der Waals surface area (Å²) in [5.41, 5.74) is 6.63. The summed E-state index contributed by atoms with van der Waals surface area (Å²) in [6.07, 6.45) is -0.800. The number of rotatable bonds is 3. The minimum absolute atomic E-state index is 0.263. The molecule has 0 spiro atoms. The van der Waals surface area contributed by atoms with Gasteiger partial charge in [-0.3, -0.25) is 0 Å². The van der Waals surface area contributed by atoms with Crippen molar-refractivity contribution in [2.75, 3.05) is 18.0 Å². The Morgan fingerprint density at radius 2 is 1.96 bits per heavy atom. The smallest absolute Gasteiger partial charge is 0.207 e. The van der Waals surface area contributed by atoms with Gasteiger partial charge in [0.1, 0.15) is 12.0 Å². The Labute approximate surface area is 153 Å². The molecule has 7 nitrogen and oxygen atoms in total. The van der Waals surface area contributed by atoms with E-state index in [1.807, 2.05) is 23.4 Å². The van der Waals surface area contributed by atoms with Crippen LogP contribution in [0.15, 0.2) is 12.1 Å². The summed E-state index contributed by atoms with van der Waals surface area (Å²) in [4.78, 5) is 6.32. The van der Waals surface area contributed by atoms with E-state index in [9.17, 15) is 13.2 Å². The highest BCUT2D eigenvalue weighted by molar-refractivity contribution is 5.79. The van der Waals surface area contributed by atoms with Gasteiger partial charge in [-0.1, -0.05) is 0 Å². The third-order valence-electron chi connectivity index (χ3n) is 5.11. The molecule has 1 aliphatic heterocycles. The first-order chi connectivity index (χ1) is 12.8. The molecule has 27 heavy (non-hydrogen) atoms. The molecule has 0 saturated carbocycles. The zero-order valence-corrected chi connectivity index (χ0v) is 15.0. The lowest BCUT2D eigenvalue weighted by atomic mass is 10.1. The van der Waals surface area contributed by atoms with Gasteiger partial charge in [0.25, 0.3) is 0 Å². The first kappa shape index (κ1) is 17.8. The van der Waals surface area contributed by atoms with Crippen LogP contribution in [0, 0.1) is 18.6 Å². The van der Waals surface area contributed by atoms with Crippen LogP contribution in [0.3, 0.4) is 0 Å². The summed E-state index contributed by atoms with van der Waals surface area (Å²) < 4.78 is 44.9. The van der Waals surface area contributed by atoms with Crippen LogP contribution in [0.2, 0.25) is 0 Å². The maximum Gasteiger partial charge on any atom is 0.207 e. The molecule has 144 valence electrons. The van der Waals surface area contributed by atoms with Gasteiger partial charge in [-0.05, 0) is 13.3 Å². The van der Waals surface area contributed by atoms with Gasteiger partial charge < -0.3 is 19.8 Å². The number of fused-ring (bicyclic) bond motifs is 1. The molecule has 2 unspecified atom stereocenters. The van der Waals surface area contributed by atoms with Crippen LogP contribution >= 0.6 is 0 Å². The minimum Gasteiger partial charge on any atom is -0.340 e. The number of hydrogen-bond donors (Lipinski definition) is 1. The standard InChI is InChI=1S/C17H20F3N7/c1-9-23-24-16(25(9)2)8-27-15-6-12(20)11(19)5-14(15)22-17(27)26-4-3-10(18)13(21)7-26/h5-6,10,13H,3-4,7-8,21H2,1-2H3. The molecule has 1 saturated heterocycles. The van der Waals surface area contributed by atoms with Crippen LogP contribution in [0.1, 0.15) is 18.1 Å². The van der Waals surface area contributed by atoms with E-state index in [1.54, 1.807) is 4.57 Å². The van der Waals surface area contributed by atoms with Crippen molar-refractivity contribution in [2.45, 2.75) is 32.1 Å². The molecule has 0 amide bonds.